The Morgan fingerprint density at radius 1 is 1.50 bits per heavy atom. The van der Waals surface area contributed by atoms with Gasteiger partial charge in [-0.1, -0.05) is 23.8 Å². The first-order valence-corrected chi connectivity index (χ1v) is 3.17. The van der Waals surface area contributed by atoms with Gasteiger partial charge in [0.05, 0.1) is 0 Å². The lowest BCUT2D eigenvalue weighted by molar-refractivity contribution is 1.17. The molecular formula is C7H9Cl. The van der Waals surface area contributed by atoms with Gasteiger partial charge >= 0.3 is 0 Å². The normalized spacial score (nSPS) is 17.5. The molecule has 0 N–H and O–H groups in total. The average Bonchev–Trinajstić information content (AvgIpc) is 2.12. The number of hydrogen-bond donors (Lipinski definition) is 0. The van der Waals surface area contributed by atoms with Crippen molar-refractivity contribution >= 4 is 11.6 Å². The lowest BCUT2D eigenvalue weighted by atomic mass is 10.2. The molecule has 0 aromatic heterocycles. The molecule has 1 aliphatic carbocycles. The molecule has 1 aliphatic rings. The third-order valence-corrected chi connectivity index (χ3v) is 1.65. The average molecular weight is 129 g/mol. The van der Waals surface area contributed by atoms with Crippen molar-refractivity contribution in [1.29, 1.82) is 0 Å². The minimum atomic E-state index is 0.968. The summed E-state index contributed by atoms with van der Waals surface area (Å²) in [4.78, 5) is 0. The second-order valence-electron chi connectivity index (χ2n) is 2.02. The van der Waals surface area contributed by atoms with Gasteiger partial charge in [-0.3, -0.25) is 0 Å². The topological polar surface area (TPSA) is 0 Å². The number of rotatable bonds is 0. The van der Waals surface area contributed by atoms with E-state index in [4.69, 9.17) is 11.6 Å². The van der Waals surface area contributed by atoms with Gasteiger partial charge in [-0.05, 0) is 25.3 Å². The maximum absolute atomic E-state index is 5.72. The van der Waals surface area contributed by atoms with Gasteiger partial charge in [0.15, 0.2) is 0 Å². The molecule has 0 bridgehead atoms. The highest BCUT2D eigenvalue weighted by atomic mass is 35.5. The van der Waals surface area contributed by atoms with Crippen LogP contribution in [-0.4, -0.2) is 0 Å². The van der Waals surface area contributed by atoms with Crippen molar-refractivity contribution in [3.8, 4) is 0 Å². The standard InChI is InChI=1S/C7H9Cl/c1-6(8)7-4-2-3-5-7/h2-3H,4-5H2,1H3. The molecule has 0 heterocycles. The van der Waals surface area contributed by atoms with Crippen LogP contribution in [0.5, 0.6) is 0 Å². The predicted molar refractivity (Wildman–Crippen MR) is 36.9 cm³/mol. The first kappa shape index (κ1) is 5.90. The predicted octanol–water partition coefficient (Wildman–Crippen LogP) is 2.85. The van der Waals surface area contributed by atoms with Crippen molar-refractivity contribution in [1.82, 2.24) is 0 Å². The largest absolute Gasteiger partial charge is 0.0895 e. The Morgan fingerprint density at radius 2 is 2.00 bits per heavy atom. The van der Waals surface area contributed by atoms with Gasteiger partial charge in [-0.25, -0.2) is 0 Å². The van der Waals surface area contributed by atoms with E-state index in [9.17, 15) is 0 Å². The maximum atomic E-state index is 5.72. The van der Waals surface area contributed by atoms with E-state index < -0.39 is 0 Å². The second kappa shape index (κ2) is 2.36. The second-order valence-corrected chi connectivity index (χ2v) is 2.58. The number of hydrogen-bond acceptors (Lipinski definition) is 0. The van der Waals surface area contributed by atoms with Gasteiger partial charge < -0.3 is 0 Å². The number of allylic oxidation sites excluding steroid dienone is 4. The first-order chi connectivity index (χ1) is 3.80. The van der Waals surface area contributed by atoms with E-state index in [2.05, 4.69) is 12.2 Å². The Kier molecular flexibility index (Phi) is 1.74. The fourth-order valence-corrected chi connectivity index (χ4v) is 0.970. The lowest BCUT2D eigenvalue weighted by Crippen LogP contribution is -1.73. The van der Waals surface area contributed by atoms with Gasteiger partial charge in [0.2, 0.25) is 0 Å². The van der Waals surface area contributed by atoms with Crippen LogP contribution < -0.4 is 0 Å². The minimum absolute atomic E-state index is 0.968. The van der Waals surface area contributed by atoms with Crippen molar-refractivity contribution in [2.24, 2.45) is 0 Å². The molecule has 0 saturated heterocycles. The Labute approximate surface area is 54.8 Å². The Hall–Kier alpha value is -0.230. The molecule has 1 heteroatoms. The molecule has 0 aliphatic heterocycles. The zero-order valence-electron chi connectivity index (χ0n) is 4.95. The molecule has 0 saturated carbocycles. The Bertz CT molecular complexity index is 128. The lowest BCUT2D eigenvalue weighted by Gasteiger charge is -1.93. The van der Waals surface area contributed by atoms with E-state index in [0.29, 0.717) is 0 Å². The molecule has 44 valence electrons. The van der Waals surface area contributed by atoms with Crippen LogP contribution in [0.4, 0.5) is 0 Å². The maximum Gasteiger partial charge on any atom is 0.0148 e. The molecule has 0 amide bonds. The summed E-state index contributed by atoms with van der Waals surface area (Å²) in [7, 11) is 0. The SMILES string of the molecule is CC(Cl)=C1CC=CC1. The third-order valence-electron chi connectivity index (χ3n) is 1.38. The smallest absolute Gasteiger partial charge is 0.0148 e. The summed E-state index contributed by atoms with van der Waals surface area (Å²) in [5.41, 5.74) is 1.37. The van der Waals surface area contributed by atoms with Crippen LogP contribution in [-0.2, 0) is 0 Å². The fraction of sp³-hybridized carbons (Fsp3) is 0.429. The summed E-state index contributed by atoms with van der Waals surface area (Å²) >= 11 is 5.72. The van der Waals surface area contributed by atoms with Crippen molar-refractivity contribution < 1.29 is 0 Å². The Balaban J connectivity index is 2.64. The molecule has 0 nitrogen and oxygen atoms in total. The van der Waals surface area contributed by atoms with E-state index in [1.807, 2.05) is 6.92 Å². The quantitative estimate of drug-likeness (QED) is 0.440. The molecule has 0 aromatic rings. The molecule has 0 fully saturated rings. The van der Waals surface area contributed by atoms with Crippen LogP contribution in [0, 0.1) is 0 Å². The van der Waals surface area contributed by atoms with Crippen LogP contribution in [0.1, 0.15) is 19.8 Å². The van der Waals surface area contributed by atoms with E-state index in [1.165, 1.54) is 5.57 Å². The molecular weight excluding hydrogens is 120 g/mol. The molecule has 8 heavy (non-hydrogen) atoms. The van der Waals surface area contributed by atoms with Crippen LogP contribution in [0.25, 0.3) is 0 Å². The molecule has 1 rings (SSSR count). The van der Waals surface area contributed by atoms with Crippen molar-refractivity contribution in [3.05, 3.63) is 22.8 Å². The van der Waals surface area contributed by atoms with E-state index in [1.54, 1.807) is 0 Å². The fourth-order valence-electron chi connectivity index (χ4n) is 0.816. The van der Waals surface area contributed by atoms with E-state index >= 15 is 0 Å². The third kappa shape index (κ3) is 1.13. The van der Waals surface area contributed by atoms with Gasteiger partial charge in [-0.15, -0.1) is 0 Å². The number of halogens is 1. The van der Waals surface area contributed by atoms with E-state index in [0.717, 1.165) is 17.9 Å². The molecule has 0 atom stereocenters. The van der Waals surface area contributed by atoms with Crippen LogP contribution >= 0.6 is 11.6 Å². The van der Waals surface area contributed by atoms with Crippen molar-refractivity contribution in [2.75, 3.05) is 0 Å². The summed E-state index contributed by atoms with van der Waals surface area (Å²) in [5.74, 6) is 0. The highest BCUT2D eigenvalue weighted by Gasteiger charge is 2.00. The molecule has 0 aromatic carbocycles. The van der Waals surface area contributed by atoms with Gasteiger partial charge in [0.25, 0.3) is 0 Å². The van der Waals surface area contributed by atoms with Gasteiger partial charge in [0.1, 0.15) is 0 Å². The van der Waals surface area contributed by atoms with Gasteiger partial charge in [0, 0.05) is 5.03 Å². The monoisotopic (exact) mass is 128 g/mol. The van der Waals surface area contributed by atoms with Gasteiger partial charge in [-0.2, -0.15) is 0 Å². The van der Waals surface area contributed by atoms with E-state index in [-0.39, 0.29) is 0 Å². The summed E-state index contributed by atoms with van der Waals surface area (Å²) in [6, 6.07) is 0. The highest BCUT2D eigenvalue weighted by molar-refractivity contribution is 6.29. The minimum Gasteiger partial charge on any atom is -0.0895 e. The zero-order chi connectivity index (χ0) is 5.98. The van der Waals surface area contributed by atoms with Crippen molar-refractivity contribution in [3.63, 3.8) is 0 Å². The highest BCUT2D eigenvalue weighted by Crippen LogP contribution is 2.22. The molecule has 0 spiro atoms. The summed E-state index contributed by atoms with van der Waals surface area (Å²) < 4.78 is 0. The summed E-state index contributed by atoms with van der Waals surface area (Å²) in [6.07, 6.45) is 6.44. The summed E-state index contributed by atoms with van der Waals surface area (Å²) in [6.45, 7) is 1.95. The van der Waals surface area contributed by atoms with Crippen molar-refractivity contribution in [2.45, 2.75) is 19.8 Å². The zero-order valence-corrected chi connectivity index (χ0v) is 5.70. The van der Waals surface area contributed by atoms with Crippen LogP contribution in [0.15, 0.2) is 22.8 Å². The Morgan fingerprint density at radius 3 is 2.25 bits per heavy atom. The van der Waals surface area contributed by atoms with Crippen LogP contribution in [0.2, 0.25) is 0 Å². The summed E-state index contributed by atoms with van der Waals surface area (Å²) in [5, 5.41) is 0.968. The molecule has 0 unspecified atom stereocenters. The molecule has 0 radical (unpaired) electrons. The first-order valence-electron chi connectivity index (χ1n) is 2.80. The van der Waals surface area contributed by atoms with Crippen LogP contribution in [0.3, 0.4) is 0 Å².